The maximum atomic E-state index is 6.53. The predicted molar refractivity (Wildman–Crippen MR) is 192 cm³/mol. The van der Waals surface area contributed by atoms with Crippen molar-refractivity contribution >= 4 is 50.1 Å². The first-order valence-corrected chi connectivity index (χ1v) is 15.7. The smallest absolute Gasteiger partial charge is 0.227 e. The zero-order valence-electron chi connectivity index (χ0n) is 25.4. The third-order valence-electron chi connectivity index (χ3n) is 8.71. The van der Waals surface area contributed by atoms with Gasteiger partial charge in [-0.1, -0.05) is 109 Å². The van der Waals surface area contributed by atoms with Crippen LogP contribution in [0, 0.1) is 0 Å². The first kappa shape index (κ1) is 27.0. The highest BCUT2D eigenvalue weighted by Gasteiger charge is 2.21. The number of nitrogens with zero attached hydrogens (tertiary/aromatic N) is 2. The summed E-state index contributed by atoms with van der Waals surface area (Å²) in [6, 6.07) is 58.7. The molecular formula is C43H28N2O2. The molecular weight excluding hydrogens is 576 g/mol. The summed E-state index contributed by atoms with van der Waals surface area (Å²) in [6.07, 6.45) is 0. The summed E-state index contributed by atoms with van der Waals surface area (Å²) in [6.45, 7) is 0. The van der Waals surface area contributed by atoms with E-state index in [1.807, 2.05) is 60.7 Å². The number of furan rings is 1. The molecule has 4 nitrogen and oxygen atoms in total. The molecule has 0 spiro atoms. The van der Waals surface area contributed by atoms with E-state index in [9.17, 15) is 0 Å². The van der Waals surface area contributed by atoms with Crippen molar-refractivity contribution in [3.05, 3.63) is 170 Å². The zero-order valence-corrected chi connectivity index (χ0v) is 25.4. The molecule has 0 aliphatic rings. The van der Waals surface area contributed by atoms with Gasteiger partial charge in [-0.05, 0) is 77.4 Å². The summed E-state index contributed by atoms with van der Waals surface area (Å²) >= 11 is 0. The van der Waals surface area contributed by atoms with Gasteiger partial charge in [0.2, 0.25) is 5.89 Å². The molecule has 2 aromatic heterocycles. The van der Waals surface area contributed by atoms with E-state index >= 15 is 0 Å². The van der Waals surface area contributed by atoms with Crippen LogP contribution in [-0.2, 0) is 0 Å². The van der Waals surface area contributed by atoms with Crippen LogP contribution in [0.25, 0.3) is 66.7 Å². The van der Waals surface area contributed by atoms with Gasteiger partial charge in [0.1, 0.15) is 5.58 Å². The minimum Gasteiger partial charge on any atom is -0.454 e. The lowest BCUT2D eigenvalue weighted by molar-refractivity contribution is 0.620. The highest BCUT2D eigenvalue weighted by atomic mass is 16.4. The molecule has 0 atom stereocenters. The fourth-order valence-corrected chi connectivity index (χ4v) is 6.42. The first-order chi connectivity index (χ1) is 23.3. The number of hydrogen-bond acceptors (Lipinski definition) is 4. The van der Waals surface area contributed by atoms with E-state index in [0.717, 1.165) is 61.2 Å². The molecule has 0 saturated carbocycles. The second-order valence-electron chi connectivity index (χ2n) is 11.6. The summed E-state index contributed by atoms with van der Waals surface area (Å²) in [5, 5.41) is 2.07. The van der Waals surface area contributed by atoms with E-state index < -0.39 is 0 Å². The maximum Gasteiger partial charge on any atom is 0.227 e. The zero-order chi connectivity index (χ0) is 31.2. The second-order valence-corrected chi connectivity index (χ2v) is 11.6. The molecule has 2 heterocycles. The highest BCUT2D eigenvalue weighted by molar-refractivity contribution is 6.17. The van der Waals surface area contributed by atoms with Crippen LogP contribution in [0.5, 0.6) is 0 Å². The number of anilines is 3. The molecule has 0 aliphatic heterocycles. The van der Waals surface area contributed by atoms with Crippen molar-refractivity contribution in [1.82, 2.24) is 4.98 Å². The summed E-state index contributed by atoms with van der Waals surface area (Å²) in [5.74, 6) is 0.570. The number of rotatable bonds is 6. The molecule has 0 unspecified atom stereocenters. The molecule has 0 radical (unpaired) electrons. The van der Waals surface area contributed by atoms with Crippen molar-refractivity contribution < 1.29 is 8.83 Å². The van der Waals surface area contributed by atoms with E-state index in [-0.39, 0.29) is 0 Å². The van der Waals surface area contributed by atoms with E-state index in [0.29, 0.717) is 11.5 Å². The Morgan fingerprint density at radius 3 is 1.62 bits per heavy atom. The Kier molecular flexibility index (Phi) is 6.43. The van der Waals surface area contributed by atoms with E-state index in [1.165, 1.54) is 11.1 Å². The molecule has 9 rings (SSSR count). The molecule has 47 heavy (non-hydrogen) atoms. The Morgan fingerprint density at radius 1 is 0.404 bits per heavy atom. The topological polar surface area (TPSA) is 42.4 Å². The minimum absolute atomic E-state index is 0.570. The monoisotopic (exact) mass is 604 g/mol. The second kappa shape index (κ2) is 11.2. The average molecular weight is 605 g/mol. The van der Waals surface area contributed by atoms with Crippen LogP contribution < -0.4 is 4.90 Å². The normalized spacial score (nSPS) is 11.4. The van der Waals surface area contributed by atoms with Gasteiger partial charge in [0, 0.05) is 39.0 Å². The first-order valence-electron chi connectivity index (χ1n) is 15.7. The van der Waals surface area contributed by atoms with Crippen LogP contribution in [0.2, 0.25) is 0 Å². The number of para-hydroxylation sites is 2. The molecule has 0 saturated heterocycles. The van der Waals surface area contributed by atoms with Gasteiger partial charge in [-0.2, -0.15) is 0 Å². The third-order valence-corrected chi connectivity index (χ3v) is 8.71. The summed E-state index contributed by atoms with van der Waals surface area (Å²) < 4.78 is 12.9. The molecule has 222 valence electrons. The van der Waals surface area contributed by atoms with Crippen molar-refractivity contribution in [3.63, 3.8) is 0 Å². The van der Waals surface area contributed by atoms with Crippen LogP contribution in [0.3, 0.4) is 0 Å². The Hall–Kier alpha value is -6.39. The fourth-order valence-electron chi connectivity index (χ4n) is 6.42. The van der Waals surface area contributed by atoms with Gasteiger partial charge in [0.05, 0.1) is 0 Å². The van der Waals surface area contributed by atoms with Crippen LogP contribution in [-0.4, -0.2) is 4.98 Å². The Morgan fingerprint density at radius 2 is 0.936 bits per heavy atom. The molecule has 7 aromatic carbocycles. The third kappa shape index (κ3) is 4.75. The Labute approximate surface area is 271 Å². The van der Waals surface area contributed by atoms with Crippen LogP contribution >= 0.6 is 0 Å². The lowest BCUT2D eigenvalue weighted by Gasteiger charge is -2.26. The van der Waals surface area contributed by atoms with Crippen LogP contribution in [0.4, 0.5) is 17.1 Å². The van der Waals surface area contributed by atoms with Crippen LogP contribution in [0.1, 0.15) is 0 Å². The van der Waals surface area contributed by atoms with Crippen molar-refractivity contribution in [2.75, 3.05) is 4.90 Å². The van der Waals surface area contributed by atoms with Gasteiger partial charge < -0.3 is 13.7 Å². The summed E-state index contributed by atoms with van der Waals surface area (Å²) in [7, 11) is 0. The fraction of sp³-hybridized carbons (Fsp3) is 0. The van der Waals surface area contributed by atoms with E-state index in [2.05, 4.69) is 114 Å². The largest absolute Gasteiger partial charge is 0.454 e. The maximum absolute atomic E-state index is 6.53. The van der Waals surface area contributed by atoms with Gasteiger partial charge in [-0.25, -0.2) is 4.98 Å². The molecule has 0 amide bonds. The van der Waals surface area contributed by atoms with E-state index in [1.54, 1.807) is 0 Å². The van der Waals surface area contributed by atoms with E-state index in [4.69, 9.17) is 13.8 Å². The molecule has 4 heteroatoms. The number of aromatic nitrogens is 1. The molecule has 0 N–H and O–H groups in total. The Balaban J connectivity index is 1.17. The van der Waals surface area contributed by atoms with Crippen molar-refractivity contribution in [1.29, 1.82) is 0 Å². The van der Waals surface area contributed by atoms with Gasteiger partial charge in [0.15, 0.2) is 16.7 Å². The van der Waals surface area contributed by atoms with Gasteiger partial charge in [-0.3, -0.25) is 0 Å². The molecule has 0 bridgehead atoms. The van der Waals surface area contributed by atoms with Crippen molar-refractivity contribution in [3.8, 4) is 33.7 Å². The van der Waals surface area contributed by atoms with Crippen molar-refractivity contribution in [2.45, 2.75) is 0 Å². The van der Waals surface area contributed by atoms with Gasteiger partial charge in [0.25, 0.3) is 0 Å². The quantitative estimate of drug-likeness (QED) is 0.189. The summed E-state index contributed by atoms with van der Waals surface area (Å²) in [5.41, 5.74) is 11.5. The SMILES string of the molecule is c1ccc(-c2ccc(N(c3ccccc3)c3ccc(-c4cc5c6ccccc6oc5c5nc(-c6ccccc6)oc45)cc3)cc2)cc1. The molecule has 0 aliphatic carbocycles. The minimum atomic E-state index is 0.570. The number of oxazole rings is 1. The number of fused-ring (bicyclic) bond motifs is 5. The van der Waals surface area contributed by atoms with Crippen LogP contribution in [0.15, 0.2) is 179 Å². The number of benzene rings is 7. The van der Waals surface area contributed by atoms with Gasteiger partial charge >= 0.3 is 0 Å². The summed E-state index contributed by atoms with van der Waals surface area (Å²) in [4.78, 5) is 7.26. The average Bonchev–Trinajstić information content (AvgIpc) is 3.76. The lowest BCUT2D eigenvalue weighted by Crippen LogP contribution is -2.09. The Bertz CT molecular complexity index is 2480. The van der Waals surface area contributed by atoms with Gasteiger partial charge in [-0.15, -0.1) is 0 Å². The number of hydrogen-bond donors (Lipinski definition) is 0. The molecule has 0 fully saturated rings. The standard InChI is InChI=1S/C43H28N2O2/c1-4-12-29(13-5-1)30-20-24-34(25-21-30)45(33-16-8-3-9-17-33)35-26-22-31(23-27-35)37-28-38-36-18-10-11-19-39(36)46-42(38)40-41(37)47-43(44-40)32-14-6-2-7-15-32/h1-28H. The van der Waals surface area contributed by atoms with Crippen molar-refractivity contribution in [2.24, 2.45) is 0 Å². The molecule has 9 aromatic rings. The lowest BCUT2D eigenvalue weighted by atomic mass is 10.0. The highest BCUT2D eigenvalue weighted by Crippen LogP contribution is 2.42. The predicted octanol–water partition coefficient (Wildman–Crippen LogP) is 12.2.